The van der Waals surface area contributed by atoms with E-state index in [1.165, 1.54) is 6.20 Å². The van der Waals surface area contributed by atoms with E-state index in [9.17, 15) is 5.21 Å². The number of nitrogens with zero attached hydrogens (tertiary/aromatic N) is 1. The highest BCUT2D eigenvalue weighted by Gasteiger charge is 2.02. The molecule has 60 valence electrons. The van der Waals surface area contributed by atoms with Gasteiger partial charge in [0.15, 0.2) is 6.20 Å². The van der Waals surface area contributed by atoms with Gasteiger partial charge in [0, 0.05) is 11.5 Å². The molecule has 12 heavy (non-hydrogen) atoms. The normalized spacial score (nSPS) is 10.4. The highest BCUT2D eigenvalue weighted by atomic mass is 79.9. The third kappa shape index (κ3) is 1.16. The molecule has 0 saturated heterocycles. The summed E-state index contributed by atoms with van der Waals surface area (Å²) in [5.41, 5.74) is 0.695. The van der Waals surface area contributed by atoms with Gasteiger partial charge >= 0.3 is 0 Å². The first-order chi connectivity index (χ1) is 5.77. The summed E-state index contributed by atoms with van der Waals surface area (Å²) in [5, 5.41) is 12.2. The lowest BCUT2D eigenvalue weighted by Gasteiger charge is -2.00. The van der Waals surface area contributed by atoms with E-state index < -0.39 is 0 Å². The molecular weight excluding hydrogens is 218 g/mol. The maximum Gasteiger partial charge on any atom is 0.223 e. The van der Waals surface area contributed by atoms with Crippen molar-refractivity contribution in [2.24, 2.45) is 0 Å². The minimum absolute atomic E-state index is 0.695. The zero-order valence-electron chi connectivity index (χ0n) is 6.20. The van der Waals surface area contributed by atoms with Gasteiger partial charge in [-0.05, 0) is 28.1 Å². The van der Waals surface area contributed by atoms with Crippen LogP contribution in [0.1, 0.15) is 0 Å². The van der Waals surface area contributed by atoms with Gasteiger partial charge in [-0.15, -0.1) is 0 Å². The standard InChI is InChI=1S/C9H6BrNO/c10-8-5-7-3-1-2-4-9(7)11(12)6-8/h1-6H. The summed E-state index contributed by atoms with van der Waals surface area (Å²) in [6.45, 7) is 0. The van der Waals surface area contributed by atoms with Crippen molar-refractivity contribution in [1.82, 2.24) is 0 Å². The molecule has 0 aliphatic heterocycles. The Morgan fingerprint density at radius 2 is 2.00 bits per heavy atom. The summed E-state index contributed by atoms with van der Waals surface area (Å²) in [4.78, 5) is 0. The topological polar surface area (TPSA) is 26.9 Å². The van der Waals surface area contributed by atoms with E-state index in [-0.39, 0.29) is 0 Å². The van der Waals surface area contributed by atoms with Crippen molar-refractivity contribution in [1.29, 1.82) is 0 Å². The molecule has 0 fully saturated rings. The number of halogens is 1. The van der Waals surface area contributed by atoms with E-state index in [4.69, 9.17) is 0 Å². The Bertz CT molecular complexity index is 428. The summed E-state index contributed by atoms with van der Waals surface area (Å²) in [6, 6.07) is 9.40. The van der Waals surface area contributed by atoms with Crippen LogP contribution in [-0.4, -0.2) is 0 Å². The molecule has 2 aromatic rings. The number of para-hydroxylation sites is 1. The summed E-state index contributed by atoms with van der Waals surface area (Å²) < 4.78 is 1.66. The van der Waals surface area contributed by atoms with E-state index >= 15 is 0 Å². The highest BCUT2D eigenvalue weighted by Crippen LogP contribution is 2.14. The van der Waals surface area contributed by atoms with Crippen molar-refractivity contribution in [2.45, 2.75) is 0 Å². The van der Waals surface area contributed by atoms with E-state index in [2.05, 4.69) is 15.9 Å². The number of rotatable bonds is 0. The first kappa shape index (κ1) is 7.55. The zero-order chi connectivity index (χ0) is 8.55. The van der Waals surface area contributed by atoms with Crippen LogP contribution in [-0.2, 0) is 0 Å². The summed E-state index contributed by atoms with van der Waals surface area (Å²) in [7, 11) is 0. The van der Waals surface area contributed by atoms with E-state index in [1.54, 1.807) is 6.07 Å². The van der Waals surface area contributed by atoms with Crippen LogP contribution >= 0.6 is 15.9 Å². The molecule has 0 aliphatic carbocycles. The Labute approximate surface area is 78.2 Å². The molecule has 0 N–H and O–H groups in total. The molecular formula is C9H6BrNO. The molecule has 2 nitrogen and oxygen atoms in total. The SMILES string of the molecule is [O-][n+]1cc(Br)cc2ccccc21. The third-order valence-corrected chi connectivity index (χ3v) is 2.14. The molecule has 2 rings (SSSR count). The molecule has 0 unspecified atom stereocenters. The van der Waals surface area contributed by atoms with Crippen LogP contribution in [0, 0.1) is 5.21 Å². The van der Waals surface area contributed by atoms with Crippen molar-refractivity contribution in [3.8, 4) is 0 Å². The van der Waals surface area contributed by atoms with Crippen molar-refractivity contribution in [2.75, 3.05) is 0 Å². The van der Waals surface area contributed by atoms with Gasteiger partial charge in [-0.25, -0.2) is 0 Å². The minimum Gasteiger partial charge on any atom is -0.618 e. The fraction of sp³-hybridized carbons (Fsp3) is 0. The molecule has 0 amide bonds. The first-order valence-electron chi connectivity index (χ1n) is 3.55. The van der Waals surface area contributed by atoms with Crippen LogP contribution in [0.3, 0.4) is 0 Å². The monoisotopic (exact) mass is 223 g/mol. The second-order valence-corrected chi connectivity index (χ2v) is 3.46. The molecule has 0 aliphatic rings. The van der Waals surface area contributed by atoms with E-state index in [0.29, 0.717) is 5.52 Å². The lowest BCUT2D eigenvalue weighted by Crippen LogP contribution is -2.26. The quantitative estimate of drug-likeness (QED) is 0.498. The van der Waals surface area contributed by atoms with Gasteiger partial charge in [0.25, 0.3) is 0 Å². The van der Waals surface area contributed by atoms with Gasteiger partial charge in [0.05, 0.1) is 4.47 Å². The smallest absolute Gasteiger partial charge is 0.223 e. The predicted molar refractivity (Wildman–Crippen MR) is 50.6 cm³/mol. The molecule has 1 aromatic carbocycles. The predicted octanol–water partition coefficient (Wildman–Crippen LogP) is 2.24. The summed E-state index contributed by atoms with van der Waals surface area (Å²) in [5.74, 6) is 0. The lowest BCUT2D eigenvalue weighted by molar-refractivity contribution is -0.577. The van der Waals surface area contributed by atoms with Gasteiger partial charge < -0.3 is 5.21 Å². The van der Waals surface area contributed by atoms with Gasteiger partial charge in [-0.2, -0.15) is 4.73 Å². The maximum atomic E-state index is 11.3. The van der Waals surface area contributed by atoms with Crippen LogP contribution in [0.25, 0.3) is 10.9 Å². The molecule has 3 heteroatoms. The van der Waals surface area contributed by atoms with Crippen LogP contribution in [0.2, 0.25) is 0 Å². The van der Waals surface area contributed by atoms with Crippen molar-refractivity contribution >= 4 is 26.8 Å². The fourth-order valence-corrected chi connectivity index (χ4v) is 1.61. The highest BCUT2D eigenvalue weighted by molar-refractivity contribution is 9.10. The number of hydrogen-bond donors (Lipinski definition) is 0. The lowest BCUT2D eigenvalue weighted by atomic mass is 10.2. The molecule has 0 atom stereocenters. The minimum atomic E-state index is 0.695. The zero-order valence-corrected chi connectivity index (χ0v) is 7.78. The van der Waals surface area contributed by atoms with Crippen LogP contribution in [0.4, 0.5) is 0 Å². The van der Waals surface area contributed by atoms with Crippen LogP contribution in [0.5, 0.6) is 0 Å². The number of benzene rings is 1. The largest absolute Gasteiger partial charge is 0.618 e. The molecule has 1 heterocycles. The van der Waals surface area contributed by atoms with Gasteiger partial charge in [0.2, 0.25) is 5.52 Å². The van der Waals surface area contributed by atoms with Gasteiger partial charge in [-0.3, -0.25) is 0 Å². The fourth-order valence-electron chi connectivity index (χ4n) is 1.18. The molecule has 0 saturated carbocycles. The Hall–Kier alpha value is -1.09. The van der Waals surface area contributed by atoms with E-state index in [1.807, 2.05) is 24.3 Å². The average Bonchev–Trinajstić information content (AvgIpc) is 2.04. The number of fused-ring (bicyclic) bond motifs is 1. The van der Waals surface area contributed by atoms with Crippen LogP contribution in [0.15, 0.2) is 41.0 Å². The third-order valence-electron chi connectivity index (χ3n) is 1.71. The van der Waals surface area contributed by atoms with Gasteiger partial charge in [0.1, 0.15) is 0 Å². The Kier molecular flexibility index (Phi) is 1.73. The second-order valence-electron chi connectivity index (χ2n) is 2.54. The van der Waals surface area contributed by atoms with Crippen molar-refractivity contribution in [3.63, 3.8) is 0 Å². The van der Waals surface area contributed by atoms with Crippen molar-refractivity contribution < 1.29 is 4.73 Å². The number of hydrogen-bond acceptors (Lipinski definition) is 1. The molecule has 1 aromatic heterocycles. The number of pyridine rings is 1. The maximum absolute atomic E-state index is 11.3. The summed E-state index contributed by atoms with van der Waals surface area (Å²) >= 11 is 3.26. The molecule has 0 spiro atoms. The summed E-state index contributed by atoms with van der Waals surface area (Å²) in [6.07, 6.45) is 1.50. The van der Waals surface area contributed by atoms with Crippen LogP contribution < -0.4 is 4.73 Å². The number of aromatic nitrogens is 1. The van der Waals surface area contributed by atoms with Crippen molar-refractivity contribution in [3.05, 3.63) is 46.2 Å². The average molecular weight is 224 g/mol. The Balaban J connectivity index is 2.89. The molecule has 0 radical (unpaired) electrons. The first-order valence-corrected chi connectivity index (χ1v) is 4.34. The van der Waals surface area contributed by atoms with Gasteiger partial charge in [-0.1, -0.05) is 12.1 Å². The Morgan fingerprint density at radius 3 is 2.83 bits per heavy atom. The van der Waals surface area contributed by atoms with E-state index in [0.717, 1.165) is 14.6 Å². The second kappa shape index (κ2) is 2.75. The molecule has 0 bridgehead atoms. The Morgan fingerprint density at radius 1 is 1.25 bits per heavy atom.